The molecule has 2 aromatic rings. The molecule has 0 aliphatic heterocycles. The summed E-state index contributed by atoms with van der Waals surface area (Å²) in [4.78, 5) is 17.6. The second-order valence-corrected chi connectivity index (χ2v) is 6.25. The number of aryl methyl sites for hydroxylation is 1. The number of pyridine rings is 1. The lowest BCUT2D eigenvalue weighted by atomic mass is 10.2. The van der Waals surface area contributed by atoms with Gasteiger partial charge in [0.15, 0.2) is 0 Å². The van der Waals surface area contributed by atoms with Crippen LogP contribution in [0.1, 0.15) is 36.5 Å². The third kappa shape index (κ3) is 7.98. The smallest absolute Gasteiger partial charge is 0.475 e. The molecule has 2 heterocycles. The largest absolute Gasteiger partial charge is 0.490 e. The fourth-order valence-corrected chi connectivity index (χ4v) is 2.01. The number of thiazole rings is 1. The Morgan fingerprint density at radius 1 is 1.38 bits per heavy atom. The first-order valence-electron chi connectivity index (χ1n) is 7.58. The molecule has 0 aliphatic rings. The molecule has 5 nitrogen and oxygen atoms in total. The van der Waals surface area contributed by atoms with Crippen molar-refractivity contribution >= 4 is 23.1 Å². The van der Waals surface area contributed by atoms with E-state index in [1.165, 1.54) is 0 Å². The Morgan fingerprint density at radius 3 is 2.46 bits per heavy atom. The Kier molecular flexibility index (Phi) is 8.06. The number of halogens is 3. The zero-order chi connectivity index (χ0) is 19.7. The molecule has 0 radical (unpaired) electrons. The summed E-state index contributed by atoms with van der Waals surface area (Å²) in [5, 5.41) is 13.5. The molecule has 0 aromatic carbocycles. The minimum atomic E-state index is -5.08. The Bertz CT molecular complexity index is 777. The number of carbonyl (C=O) groups is 1. The fraction of sp³-hybridized carbons (Fsp3) is 0.353. The van der Waals surface area contributed by atoms with Crippen LogP contribution in [0.15, 0.2) is 23.7 Å². The van der Waals surface area contributed by atoms with Gasteiger partial charge >= 0.3 is 12.1 Å². The van der Waals surface area contributed by atoms with E-state index >= 15 is 0 Å². The Labute approximate surface area is 153 Å². The first-order chi connectivity index (χ1) is 12.1. The van der Waals surface area contributed by atoms with E-state index in [1.807, 2.05) is 24.4 Å². The van der Waals surface area contributed by atoms with Crippen molar-refractivity contribution in [2.24, 2.45) is 0 Å². The first-order valence-corrected chi connectivity index (χ1v) is 8.46. The summed E-state index contributed by atoms with van der Waals surface area (Å²) < 4.78 is 31.7. The van der Waals surface area contributed by atoms with Gasteiger partial charge in [0.2, 0.25) is 0 Å². The molecule has 140 valence electrons. The molecule has 0 spiro atoms. The highest BCUT2D eigenvalue weighted by Crippen LogP contribution is 2.13. The van der Waals surface area contributed by atoms with Crippen molar-refractivity contribution in [1.82, 2.24) is 9.97 Å². The van der Waals surface area contributed by atoms with E-state index in [4.69, 9.17) is 9.90 Å². The highest BCUT2D eigenvalue weighted by molar-refractivity contribution is 7.09. The molecule has 2 N–H and O–H groups in total. The minimum Gasteiger partial charge on any atom is -0.475 e. The number of alkyl halides is 3. The van der Waals surface area contributed by atoms with Crippen LogP contribution in [-0.2, 0) is 4.79 Å². The van der Waals surface area contributed by atoms with E-state index in [0.717, 1.165) is 28.5 Å². The Morgan fingerprint density at radius 2 is 2.04 bits per heavy atom. The molecular formula is C17H18F3N3O2S. The van der Waals surface area contributed by atoms with Crippen molar-refractivity contribution in [3.8, 4) is 11.8 Å². The van der Waals surface area contributed by atoms with Crippen LogP contribution in [-0.4, -0.2) is 33.3 Å². The van der Waals surface area contributed by atoms with Gasteiger partial charge in [0, 0.05) is 23.2 Å². The van der Waals surface area contributed by atoms with Gasteiger partial charge in [-0.2, -0.15) is 13.2 Å². The quantitative estimate of drug-likeness (QED) is 0.779. The van der Waals surface area contributed by atoms with E-state index in [0.29, 0.717) is 6.04 Å². The van der Waals surface area contributed by atoms with Gasteiger partial charge in [-0.05, 0) is 38.3 Å². The molecular weight excluding hydrogens is 367 g/mol. The maximum absolute atomic E-state index is 10.6. The van der Waals surface area contributed by atoms with Crippen molar-refractivity contribution in [3.63, 3.8) is 0 Å². The zero-order valence-corrected chi connectivity index (χ0v) is 15.2. The fourth-order valence-electron chi connectivity index (χ4n) is 1.46. The highest BCUT2D eigenvalue weighted by atomic mass is 32.1. The van der Waals surface area contributed by atoms with Crippen LogP contribution in [0.25, 0.3) is 0 Å². The van der Waals surface area contributed by atoms with E-state index < -0.39 is 12.1 Å². The van der Waals surface area contributed by atoms with Gasteiger partial charge in [-0.25, -0.2) is 14.8 Å². The molecule has 0 fully saturated rings. The summed E-state index contributed by atoms with van der Waals surface area (Å²) in [6.07, 6.45) is -2.22. The summed E-state index contributed by atoms with van der Waals surface area (Å²) in [5.74, 6) is 4.25. The molecule has 2 rings (SSSR count). The van der Waals surface area contributed by atoms with Crippen molar-refractivity contribution < 1.29 is 23.1 Å². The lowest BCUT2D eigenvalue weighted by molar-refractivity contribution is -0.192. The number of nitrogens with one attached hydrogen (secondary N) is 1. The van der Waals surface area contributed by atoms with Gasteiger partial charge in [-0.3, -0.25) is 0 Å². The number of hydrogen-bond acceptors (Lipinski definition) is 5. The van der Waals surface area contributed by atoms with Crippen LogP contribution in [0.2, 0.25) is 0 Å². The number of hydrogen-bond donors (Lipinski definition) is 2. The first kappa shape index (κ1) is 21.4. The van der Waals surface area contributed by atoms with Crippen molar-refractivity contribution in [1.29, 1.82) is 0 Å². The van der Waals surface area contributed by atoms with Gasteiger partial charge < -0.3 is 10.4 Å². The number of carboxylic acids is 1. The summed E-state index contributed by atoms with van der Waals surface area (Å²) >= 11 is 1.61. The summed E-state index contributed by atoms with van der Waals surface area (Å²) in [6, 6.07) is 4.37. The van der Waals surface area contributed by atoms with Crippen LogP contribution in [0, 0.1) is 18.8 Å². The number of nitrogens with zero attached hydrogens (tertiary/aromatic N) is 2. The Balaban J connectivity index is 0.000000412. The number of carboxylic acid groups (broad SMARTS) is 1. The third-order valence-electron chi connectivity index (χ3n) is 2.97. The summed E-state index contributed by atoms with van der Waals surface area (Å²) in [7, 11) is 0. The number of rotatable bonds is 3. The zero-order valence-electron chi connectivity index (χ0n) is 14.4. The van der Waals surface area contributed by atoms with Crippen LogP contribution < -0.4 is 5.32 Å². The molecule has 0 amide bonds. The molecule has 0 saturated carbocycles. The Hall–Kier alpha value is -2.60. The number of aromatic nitrogens is 2. The van der Waals surface area contributed by atoms with E-state index in [2.05, 4.69) is 41.0 Å². The monoisotopic (exact) mass is 385 g/mol. The average Bonchev–Trinajstić information content (AvgIpc) is 2.99. The maximum Gasteiger partial charge on any atom is 0.490 e. The SMILES string of the molecule is CC[C@@H](C)Nc1ccc(C#Cc2csc(C)n2)cn1.O=C(O)C(F)(F)F. The lowest BCUT2D eigenvalue weighted by Gasteiger charge is -2.11. The minimum absolute atomic E-state index is 0.433. The van der Waals surface area contributed by atoms with Crippen molar-refractivity contribution in [2.45, 2.75) is 39.4 Å². The topological polar surface area (TPSA) is 75.1 Å². The van der Waals surface area contributed by atoms with Gasteiger partial charge in [0.05, 0.1) is 5.01 Å². The van der Waals surface area contributed by atoms with Gasteiger partial charge in [-0.1, -0.05) is 12.8 Å². The molecule has 9 heteroatoms. The van der Waals surface area contributed by atoms with Gasteiger partial charge in [0.1, 0.15) is 11.5 Å². The van der Waals surface area contributed by atoms with Gasteiger partial charge in [-0.15, -0.1) is 11.3 Å². The average molecular weight is 385 g/mol. The standard InChI is InChI=1S/C15H17N3S.C2HF3O2/c1-4-11(2)17-15-8-6-13(9-16-15)5-7-14-10-19-12(3)18-14;3-2(4,5)1(6)7/h6,8-11H,4H2,1-3H3,(H,16,17);(H,6,7)/t11-;/m1./s1. The number of aliphatic carboxylic acids is 1. The second kappa shape index (κ2) is 9.77. The summed E-state index contributed by atoms with van der Waals surface area (Å²) in [5.41, 5.74) is 1.73. The van der Waals surface area contributed by atoms with E-state index in [-0.39, 0.29) is 0 Å². The molecule has 0 unspecified atom stereocenters. The van der Waals surface area contributed by atoms with Crippen molar-refractivity contribution in [2.75, 3.05) is 5.32 Å². The predicted molar refractivity (Wildman–Crippen MR) is 94.1 cm³/mol. The molecule has 1 atom stereocenters. The van der Waals surface area contributed by atoms with Crippen molar-refractivity contribution in [3.05, 3.63) is 40.0 Å². The van der Waals surface area contributed by atoms with Crippen LogP contribution in [0.5, 0.6) is 0 Å². The van der Waals surface area contributed by atoms with Crippen LogP contribution >= 0.6 is 11.3 Å². The number of anilines is 1. The normalized spacial score (nSPS) is 11.5. The van der Waals surface area contributed by atoms with E-state index in [1.54, 1.807) is 17.5 Å². The van der Waals surface area contributed by atoms with Crippen LogP contribution in [0.3, 0.4) is 0 Å². The maximum atomic E-state index is 10.6. The second-order valence-electron chi connectivity index (χ2n) is 5.19. The van der Waals surface area contributed by atoms with Crippen LogP contribution in [0.4, 0.5) is 19.0 Å². The molecule has 26 heavy (non-hydrogen) atoms. The van der Waals surface area contributed by atoms with Gasteiger partial charge in [0.25, 0.3) is 0 Å². The molecule has 0 bridgehead atoms. The lowest BCUT2D eigenvalue weighted by Crippen LogP contribution is -2.21. The molecule has 0 saturated heterocycles. The molecule has 2 aromatic heterocycles. The molecule has 0 aliphatic carbocycles. The highest BCUT2D eigenvalue weighted by Gasteiger charge is 2.38. The van der Waals surface area contributed by atoms with E-state index in [9.17, 15) is 13.2 Å². The predicted octanol–water partition coefficient (Wildman–Crippen LogP) is 4.09. The summed E-state index contributed by atoms with van der Waals surface area (Å²) in [6.45, 7) is 6.26. The third-order valence-corrected chi connectivity index (χ3v) is 3.74.